The van der Waals surface area contributed by atoms with E-state index in [1.54, 1.807) is 6.20 Å². The lowest BCUT2D eigenvalue weighted by atomic mass is 10.1. The maximum Gasteiger partial charge on any atom is 0.274 e. The van der Waals surface area contributed by atoms with E-state index in [0.717, 1.165) is 25.6 Å². The van der Waals surface area contributed by atoms with Crippen LogP contribution in [0.4, 0.5) is 5.69 Å². The van der Waals surface area contributed by atoms with Crippen LogP contribution in [0.2, 0.25) is 0 Å². The summed E-state index contributed by atoms with van der Waals surface area (Å²) >= 11 is 2.23. The second kappa shape index (κ2) is 5.81. The van der Waals surface area contributed by atoms with Gasteiger partial charge in [0.15, 0.2) is 0 Å². The van der Waals surface area contributed by atoms with Crippen molar-refractivity contribution in [3.05, 3.63) is 69.6 Å². The molecule has 0 unspecified atom stereocenters. The molecule has 0 bridgehead atoms. The fourth-order valence-corrected chi connectivity index (χ4v) is 2.61. The number of fused-ring (bicyclic) bond motifs is 1. The van der Waals surface area contributed by atoms with Gasteiger partial charge in [-0.1, -0.05) is 30.3 Å². The molecule has 0 saturated carbocycles. The van der Waals surface area contributed by atoms with Crippen molar-refractivity contribution in [2.75, 3.05) is 5.32 Å². The predicted octanol–water partition coefficient (Wildman–Crippen LogP) is 4.40. The lowest BCUT2D eigenvalue weighted by Crippen LogP contribution is -2.14. The van der Waals surface area contributed by atoms with Gasteiger partial charge in [-0.2, -0.15) is 0 Å². The zero-order chi connectivity index (χ0) is 14.8. The third-order valence-electron chi connectivity index (χ3n) is 3.31. The fourth-order valence-electron chi connectivity index (χ4n) is 2.12. The van der Waals surface area contributed by atoms with Gasteiger partial charge in [0.1, 0.15) is 5.69 Å². The highest BCUT2D eigenvalue weighted by Crippen LogP contribution is 2.19. The Morgan fingerprint density at radius 3 is 2.67 bits per heavy atom. The maximum atomic E-state index is 12.3. The first-order chi connectivity index (χ1) is 10.1. The zero-order valence-corrected chi connectivity index (χ0v) is 13.6. The number of carbonyl (C=O) groups is 1. The van der Waals surface area contributed by atoms with Gasteiger partial charge in [0.05, 0.1) is 0 Å². The summed E-state index contributed by atoms with van der Waals surface area (Å²) in [5, 5.41) is 4.96. The van der Waals surface area contributed by atoms with Crippen molar-refractivity contribution >= 4 is 45.0 Å². The molecule has 21 heavy (non-hydrogen) atoms. The molecule has 0 aliphatic heterocycles. The first-order valence-electron chi connectivity index (χ1n) is 6.56. The smallest absolute Gasteiger partial charge is 0.274 e. The Labute approximate surface area is 136 Å². The minimum Gasteiger partial charge on any atom is -0.320 e. The normalized spacial score (nSPS) is 10.6. The van der Waals surface area contributed by atoms with Gasteiger partial charge in [0, 0.05) is 20.8 Å². The van der Waals surface area contributed by atoms with E-state index in [1.165, 1.54) is 0 Å². The van der Waals surface area contributed by atoms with Gasteiger partial charge >= 0.3 is 0 Å². The number of halogens is 1. The molecule has 0 spiro atoms. The Hall–Kier alpha value is -1.95. The van der Waals surface area contributed by atoms with Crippen molar-refractivity contribution in [1.82, 2.24) is 4.98 Å². The molecule has 3 aromatic rings. The summed E-state index contributed by atoms with van der Waals surface area (Å²) in [4.78, 5) is 16.6. The first kappa shape index (κ1) is 14.0. The molecule has 0 radical (unpaired) electrons. The third kappa shape index (κ3) is 3.05. The van der Waals surface area contributed by atoms with Crippen molar-refractivity contribution in [3.8, 4) is 0 Å². The van der Waals surface area contributed by atoms with Crippen LogP contribution in [0.3, 0.4) is 0 Å². The number of hydrogen-bond acceptors (Lipinski definition) is 2. The summed E-state index contributed by atoms with van der Waals surface area (Å²) in [7, 11) is 0. The monoisotopic (exact) mass is 388 g/mol. The van der Waals surface area contributed by atoms with Gasteiger partial charge in [-0.25, -0.2) is 0 Å². The Bertz CT molecular complexity index is 830. The Kier molecular flexibility index (Phi) is 3.88. The molecule has 4 heteroatoms. The highest BCUT2D eigenvalue weighted by Gasteiger charge is 2.10. The second-order valence-corrected chi connectivity index (χ2v) is 6.08. The molecule has 0 aliphatic carbocycles. The molecule has 104 valence electrons. The second-order valence-electron chi connectivity index (χ2n) is 4.83. The van der Waals surface area contributed by atoms with E-state index in [9.17, 15) is 4.79 Å². The number of nitrogens with one attached hydrogen (secondary N) is 1. The number of rotatable bonds is 2. The predicted molar refractivity (Wildman–Crippen MR) is 93.6 cm³/mol. The van der Waals surface area contributed by atoms with Crippen molar-refractivity contribution in [2.24, 2.45) is 0 Å². The van der Waals surface area contributed by atoms with Crippen LogP contribution in [0.25, 0.3) is 10.8 Å². The molecule has 3 rings (SSSR count). The minimum absolute atomic E-state index is 0.189. The van der Waals surface area contributed by atoms with Gasteiger partial charge in [0.2, 0.25) is 0 Å². The molecule has 2 aromatic carbocycles. The number of aryl methyl sites for hydroxylation is 1. The molecule has 3 nitrogen and oxygen atoms in total. The van der Waals surface area contributed by atoms with Crippen LogP contribution in [0.1, 0.15) is 16.1 Å². The summed E-state index contributed by atoms with van der Waals surface area (Å²) < 4.78 is 1.08. The van der Waals surface area contributed by atoms with Crippen LogP contribution in [0, 0.1) is 10.5 Å². The van der Waals surface area contributed by atoms with Crippen molar-refractivity contribution in [1.29, 1.82) is 0 Å². The Morgan fingerprint density at radius 1 is 1.10 bits per heavy atom. The topological polar surface area (TPSA) is 42.0 Å². The average molecular weight is 388 g/mol. The molecule has 0 saturated heterocycles. The van der Waals surface area contributed by atoms with E-state index in [4.69, 9.17) is 0 Å². The van der Waals surface area contributed by atoms with Crippen LogP contribution < -0.4 is 5.32 Å². The SMILES string of the molecule is Cc1ccc(I)cc1NC(=O)c1cc2ccccc2cn1. The number of carbonyl (C=O) groups excluding carboxylic acids is 1. The van der Waals surface area contributed by atoms with Crippen molar-refractivity contribution < 1.29 is 4.79 Å². The number of benzene rings is 2. The first-order valence-corrected chi connectivity index (χ1v) is 7.64. The summed E-state index contributed by atoms with van der Waals surface area (Å²) in [6.07, 6.45) is 1.73. The number of aromatic nitrogens is 1. The number of hydrogen-bond donors (Lipinski definition) is 1. The van der Waals surface area contributed by atoms with Crippen LogP contribution in [-0.4, -0.2) is 10.9 Å². The van der Waals surface area contributed by atoms with E-state index in [0.29, 0.717) is 5.69 Å². The van der Waals surface area contributed by atoms with Crippen LogP contribution in [-0.2, 0) is 0 Å². The Balaban J connectivity index is 1.91. The molecule has 0 atom stereocenters. The van der Waals surface area contributed by atoms with Gasteiger partial charge in [-0.15, -0.1) is 0 Å². The van der Waals surface area contributed by atoms with Crippen LogP contribution in [0.15, 0.2) is 54.7 Å². The Morgan fingerprint density at radius 2 is 1.86 bits per heavy atom. The molecule has 1 N–H and O–H groups in total. The molecule has 1 amide bonds. The van der Waals surface area contributed by atoms with Crippen molar-refractivity contribution in [3.63, 3.8) is 0 Å². The van der Waals surface area contributed by atoms with Crippen molar-refractivity contribution in [2.45, 2.75) is 6.92 Å². The average Bonchev–Trinajstić information content (AvgIpc) is 2.50. The van der Waals surface area contributed by atoms with E-state index in [2.05, 4.69) is 32.9 Å². The molecule has 1 aromatic heterocycles. The molecule has 1 heterocycles. The van der Waals surface area contributed by atoms with Crippen LogP contribution >= 0.6 is 22.6 Å². The summed E-state index contributed by atoms with van der Waals surface area (Å²) in [6, 6.07) is 15.6. The molecular formula is C17H13IN2O. The van der Waals surface area contributed by atoms with Gasteiger partial charge in [-0.3, -0.25) is 9.78 Å². The lowest BCUT2D eigenvalue weighted by molar-refractivity contribution is 0.102. The van der Waals surface area contributed by atoms with E-state index in [1.807, 2.05) is 55.5 Å². The summed E-state index contributed by atoms with van der Waals surface area (Å²) in [6.45, 7) is 1.97. The minimum atomic E-state index is -0.189. The summed E-state index contributed by atoms with van der Waals surface area (Å²) in [5.74, 6) is -0.189. The molecule has 0 fully saturated rings. The van der Waals surface area contributed by atoms with E-state index >= 15 is 0 Å². The zero-order valence-electron chi connectivity index (χ0n) is 11.4. The number of amides is 1. The van der Waals surface area contributed by atoms with Gasteiger partial charge in [0.25, 0.3) is 5.91 Å². The number of pyridine rings is 1. The lowest BCUT2D eigenvalue weighted by Gasteiger charge is -2.09. The fraction of sp³-hybridized carbons (Fsp3) is 0.0588. The van der Waals surface area contributed by atoms with Gasteiger partial charge in [-0.05, 0) is 58.7 Å². The number of anilines is 1. The quantitative estimate of drug-likeness (QED) is 0.662. The standard InChI is InChI=1S/C17H13IN2O/c1-11-6-7-14(18)9-15(11)20-17(21)16-8-12-4-2-3-5-13(12)10-19-16/h2-10H,1H3,(H,20,21). The van der Waals surface area contributed by atoms with E-state index in [-0.39, 0.29) is 5.91 Å². The largest absolute Gasteiger partial charge is 0.320 e. The maximum absolute atomic E-state index is 12.3. The highest BCUT2D eigenvalue weighted by molar-refractivity contribution is 14.1. The van der Waals surface area contributed by atoms with E-state index < -0.39 is 0 Å². The summed E-state index contributed by atoms with van der Waals surface area (Å²) in [5.41, 5.74) is 2.28. The third-order valence-corrected chi connectivity index (χ3v) is 3.98. The van der Waals surface area contributed by atoms with Crippen LogP contribution in [0.5, 0.6) is 0 Å². The number of nitrogens with zero attached hydrogens (tertiary/aromatic N) is 1. The highest BCUT2D eigenvalue weighted by atomic mass is 127. The molecule has 0 aliphatic rings. The van der Waals surface area contributed by atoms with Gasteiger partial charge < -0.3 is 5.32 Å². The molecular weight excluding hydrogens is 375 g/mol.